The Morgan fingerprint density at radius 2 is 2.04 bits per heavy atom. The molecule has 1 N–H and O–H groups in total. The summed E-state index contributed by atoms with van der Waals surface area (Å²) in [4.78, 5) is 12.1. The molecule has 6 heteroatoms. The van der Waals surface area contributed by atoms with Crippen LogP contribution in [0.1, 0.15) is 29.3 Å². The number of aromatic amines is 1. The number of hydrogen-bond donors (Lipinski definition) is 1. The van der Waals surface area contributed by atoms with Gasteiger partial charge in [0.05, 0.1) is 5.69 Å². The summed E-state index contributed by atoms with van der Waals surface area (Å²) in [5, 5.41) is 7.13. The molecule has 3 aromatic rings. The van der Waals surface area contributed by atoms with E-state index in [1.165, 1.54) is 6.07 Å². The lowest BCUT2D eigenvalue weighted by Gasteiger charge is -2.19. The fraction of sp³-hybridized carbons (Fsp3) is 0.176. The smallest absolute Gasteiger partial charge is 0.247 e. The van der Waals surface area contributed by atoms with Crippen LogP contribution in [0.2, 0.25) is 5.02 Å². The van der Waals surface area contributed by atoms with Crippen molar-refractivity contribution in [3.05, 3.63) is 80.7 Å². The van der Waals surface area contributed by atoms with E-state index >= 15 is 0 Å². The Morgan fingerprint density at radius 3 is 2.87 bits per heavy atom. The second kappa shape index (κ2) is 5.35. The van der Waals surface area contributed by atoms with E-state index in [0.717, 1.165) is 5.56 Å². The first-order valence-electron chi connectivity index (χ1n) is 7.35. The summed E-state index contributed by atoms with van der Waals surface area (Å²) in [7, 11) is 0. The standard InChI is InChI=1S/C17H13ClFN3O/c18-10-5-7-15-13(9-10)11(12-3-1-2-4-14(12)19)6-8-16-20-21-17(23)22(15)16/h1-5,7,9,11H,6,8H2,(H,21,23). The van der Waals surface area contributed by atoms with Crippen LogP contribution in [0.25, 0.3) is 5.69 Å². The van der Waals surface area contributed by atoms with E-state index < -0.39 is 0 Å². The zero-order valence-corrected chi connectivity index (χ0v) is 12.8. The minimum atomic E-state index is -0.294. The Hall–Kier alpha value is -2.40. The Labute approximate surface area is 136 Å². The maximum atomic E-state index is 14.3. The molecule has 1 aliphatic rings. The van der Waals surface area contributed by atoms with Gasteiger partial charge >= 0.3 is 5.69 Å². The zero-order valence-electron chi connectivity index (χ0n) is 12.1. The van der Waals surface area contributed by atoms with Crippen LogP contribution in [0.15, 0.2) is 47.3 Å². The van der Waals surface area contributed by atoms with E-state index in [9.17, 15) is 9.18 Å². The minimum Gasteiger partial charge on any atom is -0.247 e. The monoisotopic (exact) mass is 329 g/mol. The fourth-order valence-corrected chi connectivity index (χ4v) is 3.44. The molecule has 0 radical (unpaired) electrons. The molecule has 0 saturated heterocycles. The van der Waals surface area contributed by atoms with Crippen molar-refractivity contribution < 1.29 is 4.39 Å². The highest BCUT2D eigenvalue weighted by molar-refractivity contribution is 6.30. The Balaban J connectivity index is 1.99. The summed E-state index contributed by atoms with van der Waals surface area (Å²) < 4.78 is 15.9. The first-order valence-corrected chi connectivity index (χ1v) is 7.73. The predicted molar refractivity (Wildman–Crippen MR) is 85.8 cm³/mol. The highest BCUT2D eigenvalue weighted by Gasteiger charge is 2.27. The molecule has 1 aliphatic heterocycles. The van der Waals surface area contributed by atoms with Crippen molar-refractivity contribution in [2.45, 2.75) is 18.8 Å². The largest absolute Gasteiger partial charge is 0.347 e. The van der Waals surface area contributed by atoms with Gasteiger partial charge < -0.3 is 0 Å². The predicted octanol–water partition coefficient (Wildman–Crippen LogP) is 3.43. The van der Waals surface area contributed by atoms with Gasteiger partial charge in [0.1, 0.15) is 11.6 Å². The summed E-state index contributed by atoms with van der Waals surface area (Å²) >= 11 is 6.16. The fourth-order valence-electron chi connectivity index (χ4n) is 3.26. The molecule has 0 fully saturated rings. The van der Waals surface area contributed by atoms with Crippen molar-refractivity contribution in [3.8, 4) is 5.69 Å². The molecule has 4 nitrogen and oxygen atoms in total. The van der Waals surface area contributed by atoms with Gasteiger partial charge in [-0.05, 0) is 41.8 Å². The topological polar surface area (TPSA) is 50.7 Å². The van der Waals surface area contributed by atoms with Crippen LogP contribution in [-0.4, -0.2) is 14.8 Å². The molecule has 0 bridgehead atoms. The Morgan fingerprint density at radius 1 is 1.22 bits per heavy atom. The molecular weight excluding hydrogens is 317 g/mol. The number of H-pyrrole nitrogens is 1. The van der Waals surface area contributed by atoms with Crippen molar-refractivity contribution in [1.82, 2.24) is 14.8 Å². The molecule has 0 amide bonds. The summed E-state index contributed by atoms with van der Waals surface area (Å²) in [6.45, 7) is 0. The van der Waals surface area contributed by atoms with Gasteiger partial charge in [-0.1, -0.05) is 29.8 Å². The number of aromatic nitrogens is 3. The molecule has 0 spiro atoms. The number of halogens is 2. The number of benzene rings is 2. The molecule has 4 rings (SSSR count). The van der Waals surface area contributed by atoms with Crippen LogP contribution in [0, 0.1) is 5.82 Å². The lowest BCUT2D eigenvalue weighted by Crippen LogP contribution is -2.17. The molecule has 116 valence electrons. The summed E-state index contributed by atoms with van der Waals surface area (Å²) in [5.41, 5.74) is 1.86. The lowest BCUT2D eigenvalue weighted by molar-refractivity contribution is 0.585. The van der Waals surface area contributed by atoms with Crippen LogP contribution in [0.3, 0.4) is 0 Å². The number of hydrogen-bond acceptors (Lipinski definition) is 2. The number of fused-ring (bicyclic) bond motifs is 3. The quantitative estimate of drug-likeness (QED) is 0.743. The molecule has 0 saturated carbocycles. The van der Waals surface area contributed by atoms with Gasteiger partial charge in [-0.25, -0.2) is 18.9 Å². The average molecular weight is 330 g/mol. The van der Waals surface area contributed by atoms with E-state index in [1.807, 2.05) is 12.1 Å². The van der Waals surface area contributed by atoms with Crippen LogP contribution >= 0.6 is 11.6 Å². The van der Waals surface area contributed by atoms with Crippen molar-refractivity contribution >= 4 is 11.6 Å². The van der Waals surface area contributed by atoms with Crippen molar-refractivity contribution in [2.24, 2.45) is 0 Å². The normalized spacial score (nSPS) is 16.5. The van der Waals surface area contributed by atoms with Crippen molar-refractivity contribution in [2.75, 3.05) is 0 Å². The minimum absolute atomic E-state index is 0.175. The van der Waals surface area contributed by atoms with Crippen molar-refractivity contribution in [3.63, 3.8) is 0 Å². The van der Waals surface area contributed by atoms with E-state index in [2.05, 4.69) is 10.2 Å². The van der Waals surface area contributed by atoms with Gasteiger partial charge in [-0.3, -0.25) is 0 Å². The summed E-state index contributed by atoms with van der Waals surface area (Å²) in [5.74, 6) is 0.222. The van der Waals surface area contributed by atoms with Gasteiger partial charge in [0, 0.05) is 17.4 Å². The lowest BCUT2D eigenvalue weighted by atomic mass is 9.87. The third-order valence-corrected chi connectivity index (χ3v) is 4.52. The molecule has 23 heavy (non-hydrogen) atoms. The average Bonchev–Trinajstić information content (AvgIpc) is 2.82. The van der Waals surface area contributed by atoms with Crippen LogP contribution in [0.4, 0.5) is 4.39 Å². The molecule has 2 aromatic carbocycles. The number of aryl methyl sites for hydroxylation is 1. The van der Waals surface area contributed by atoms with Gasteiger partial charge in [0.25, 0.3) is 0 Å². The number of nitrogens with zero attached hydrogens (tertiary/aromatic N) is 2. The molecule has 1 aromatic heterocycles. The van der Waals surface area contributed by atoms with E-state index in [-0.39, 0.29) is 17.4 Å². The van der Waals surface area contributed by atoms with Gasteiger partial charge in [-0.2, -0.15) is 5.10 Å². The number of nitrogens with one attached hydrogen (secondary N) is 1. The van der Waals surface area contributed by atoms with Crippen LogP contribution < -0.4 is 5.69 Å². The van der Waals surface area contributed by atoms with Crippen LogP contribution in [0.5, 0.6) is 0 Å². The molecular formula is C17H13ClFN3O. The van der Waals surface area contributed by atoms with Gasteiger partial charge in [0.15, 0.2) is 0 Å². The molecule has 2 heterocycles. The SMILES string of the molecule is O=c1[nH]nc2n1-c1ccc(Cl)cc1C(c1ccccc1F)CC2. The Kier molecular flexibility index (Phi) is 3.31. The van der Waals surface area contributed by atoms with Gasteiger partial charge in [-0.15, -0.1) is 0 Å². The third-order valence-electron chi connectivity index (χ3n) is 4.28. The van der Waals surface area contributed by atoms with Crippen molar-refractivity contribution in [1.29, 1.82) is 0 Å². The Bertz CT molecular complexity index is 947. The first-order chi connectivity index (χ1) is 11.1. The van der Waals surface area contributed by atoms with E-state index in [0.29, 0.717) is 34.9 Å². The second-order valence-electron chi connectivity index (χ2n) is 5.60. The zero-order chi connectivity index (χ0) is 16.0. The third kappa shape index (κ3) is 2.28. The number of rotatable bonds is 1. The highest BCUT2D eigenvalue weighted by atomic mass is 35.5. The molecule has 1 atom stereocenters. The highest BCUT2D eigenvalue weighted by Crippen LogP contribution is 2.37. The maximum absolute atomic E-state index is 14.3. The first kappa shape index (κ1) is 14.2. The maximum Gasteiger partial charge on any atom is 0.347 e. The van der Waals surface area contributed by atoms with Crippen LogP contribution in [-0.2, 0) is 6.42 Å². The second-order valence-corrected chi connectivity index (χ2v) is 6.03. The van der Waals surface area contributed by atoms with E-state index in [1.54, 1.807) is 28.8 Å². The van der Waals surface area contributed by atoms with E-state index in [4.69, 9.17) is 11.6 Å². The summed E-state index contributed by atoms with van der Waals surface area (Å²) in [6, 6.07) is 12.1. The summed E-state index contributed by atoms with van der Waals surface area (Å²) in [6.07, 6.45) is 1.22. The molecule has 1 unspecified atom stereocenters. The van der Waals surface area contributed by atoms with Gasteiger partial charge in [0.2, 0.25) is 0 Å². The molecule has 0 aliphatic carbocycles.